The van der Waals surface area contributed by atoms with Crippen LogP contribution in [0.2, 0.25) is 0 Å². The first-order chi connectivity index (χ1) is 19.0. The lowest BCUT2D eigenvalue weighted by molar-refractivity contribution is 1.31. The zero-order valence-corrected chi connectivity index (χ0v) is 21.8. The van der Waals surface area contributed by atoms with Crippen molar-refractivity contribution in [2.45, 2.75) is 13.8 Å². The van der Waals surface area contributed by atoms with Gasteiger partial charge >= 0.3 is 0 Å². The van der Waals surface area contributed by atoms with E-state index in [2.05, 4.69) is 109 Å². The second kappa shape index (κ2) is 8.99. The number of anilines is 1. The number of hydrogen-bond acceptors (Lipinski definition) is 3. The molecule has 0 atom stereocenters. The molecule has 7 rings (SSSR count). The van der Waals surface area contributed by atoms with E-state index >= 15 is 0 Å². The van der Waals surface area contributed by atoms with Gasteiger partial charge in [-0.25, -0.2) is 9.97 Å². The molecule has 0 unspecified atom stereocenters. The van der Waals surface area contributed by atoms with Crippen molar-refractivity contribution in [3.8, 4) is 22.3 Å². The summed E-state index contributed by atoms with van der Waals surface area (Å²) in [4.78, 5) is 17.2. The van der Waals surface area contributed by atoms with Gasteiger partial charge in [0.05, 0.1) is 34.0 Å². The summed E-state index contributed by atoms with van der Waals surface area (Å²) in [7, 11) is 0. The van der Waals surface area contributed by atoms with Crippen LogP contribution in [0.3, 0.4) is 0 Å². The molecule has 39 heavy (non-hydrogen) atoms. The van der Waals surface area contributed by atoms with Crippen molar-refractivity contribution >= 4 is 52.1 Å². The standard InChI is InChI=1S/C34H27N5/c1-20-3-7-22(8-4-20)32-26-13-11-24(36-26)19-25-12-14-27(37-25)33(23-9-5-21(2)6-10-23)29-16-18-31(39-29)34(35)30-17-15-28(32)38-30/h3-19,36,39H,35H2,1-2H3. The molecule has 0 saturated carbocycles. The Hall–Kier alpha value is -5.16. The van der Waals surface area contributed by atoms with Crippen molar-refractivity contribution in [2.75, 3.05) is 5.73 Å². The number of hydrogen-bond donors (Lipinski definition) is 3. The Kier molecular flexibility index (Phi) is 5.30. The Bertz CT molecular complexity index is 1920. The average molecular weight is 506 g/mol. The van der Waals surface area contributed by atoms with Crippen LogP contribution in [0, 0.1) is 13.8 Å². The van der Waals surface area contributed by atoms with Crippen LogP contribution in [0.5, 0.6) is 0 Å². The zero-order valence-electron chi connectivity index (χ0n) is 21.8. The van der Waals surface area contributed by atoms with Crippen LogP contribution in [-0.2, 0) is 0 Å². The Labute approximate surface area is 226 Å². The summed E-state index contributed by atoms with van der Waals surface area (Å²) < 4.78 is 0. The summed E-state index contributed by atoms with van der Waals surface area (Å²) in [5.74, 6) is 0. The lowest BCUT2D eigenvalue weighted by atomic mass is 10.0. The fraction of sp³-hybridized carbons (Fsp3) is 0.0588. The van der Waals surface area contributed by atoms with Crippen LogP contribution in [-0.4, -0.2) is 19.9 Å². The van der Waals surface area contributed by atoms with Gasteiger partial charge in [0.15, 0.2) is 0 Å². The Morgan fingerprint density at radius 1 is 0.538 bits per heavy atom. The van der Waals surface area contributed by atoms with Crippen molar-refractivity contribution in [1.82, 2.24) is 19.9 Å². The fourth-order valence-corrected chi connectivity index (χ4v) is 5.21. The van der Waals surface area contributed by atoms with Gasteiger partial charge < -0.3 is 15.7 Å². The average Bonchev–Trinajstić information content (AvgIpc) is 3.75. The molecule has 0 saturated heterocycles. The van der Waals surface area contributed by atoms with Crippen molar-refractivity contribution in [3.05, 3.63) is 113 Å². The molecule has 2 aliphatic heterocycles. The third-order valence-corrected chi connectivity index (χ3v) is 7.30. The quantitative estimate of drug-likeness (QED) is 0.221. The third-order valence-electron chi connectivity index (χ3n) is 7.30. The van der Waals surface area contributed by atoms with E-state index in [9.17, 15) is 0 Å². The van der Waals surface area contributed by atoms with E-state index < -0.39 is 0 Å². The van der Waals surface area contributed by atoms with Crippen molar-refractivity contribution in [2.24, 2.45) is 0 Å². The number of nitrogens with zero attached hydrogens (tertiary/aromatic N) is 2. The highest BCUT2D eigenvalue weighted by atomic mass is 14.8. The summed E-state index contributed by atoms with van der Waals surface area (Å²) >= 11 is 0. The van der Waals surface area contributed by atoms with Gasteiger partial charge in [0, 0.05) is 27.7 Å². The van der Waals surface area contributed by atoms with Crippen LogP contribution in [0.15, 0.2) is 78.9 Å². The molecule has 2 aliphatic rings. The van der Waals surface area contributed by atoms with Gasteiger partial charge in [-0.3, -0.25) is 0 Å². The number of benzene rings is 2. The molecular formula is C34H27N5. The van der Waals surface area contributed by atoms with E-state index in [0.717, 1.165) is 67.1 Å². The van der Waals surface area contributed by atoms with E-state index in [-0.39, 0.29) is 0 Å². The fourth-order valence-electron chi connectivity index (χ4n) is 5.21. The number of aromatic nitrogens is 4. The molecule has 5 heterocycles. The topological polar surface area (TPSA) is 83.4 Å². The van der Waals surface area contributed by atoms with E-state index in [4.69, 9.17) is 15.7 Å². The number of aryl methyl sites for hydroxylation is 2. The smallest absolute Gasteiger partial charge is 0.0888 e. The molecule has 0 radical (unpaired) electrons. The lowest BCUT2D eigenvalue weighted by Gasteiger charge is -2.05. The Balaban J connectivity index is 1.59. The van der Waals surface area contributed by atoms with Crippen molar-refractivity contribution in [1.29, 1.82) is 0 Å². The summed E-state index contributed by atoms with van der Waals surface area (Å²) in [5, 5.41) is 0. The van der Waals surface area contributed by atoms with E-state index in [1.54, 1.807) is 0 Å². The van der Waals surface area contributed by atoms with Gasteiger partial charge in [-0.15, -0.1) is 0 Å². The van der Waals surface area contributed by atoms with Gasteiger partial charge in [0.1, 0.15) is 0 Å². The zero-order chi connectivity index (χ0) is 26.5. The highest BCUT2D eigenvalue weighted by molar-refractivity contribution is 5.95. The third kappa shape index (κ3) is 4.14. The first-order valence-corrected chi connectivity index (χ1v) is 13.0. The highest BCUT2D eigenvalue weighted by Gasteiger charge is 2.14. The van der Waals surface area contributed by atoms with E-state index in [0.29, 0.717) is 5.69 Å². The van der Waals surface area contributed by atoms with Crippen LogP contribution in [0.25, 0.3) is 68.6 Å². The molecule has 0 amide bonds. The molecule has 5 heteroatoms. The minimum absolute atomic E-state index is 0.600. The second-order valence-corrected chi connectivity index (χ2v) is 10.1. The molecule has 0 fully saturated rings. The van der Waals surface area contributed by atoms with Gasteiger partial charge in [-0.05, 0) is 79.6 Å². The molecule has 188 valence electrons. The van der Waals surface area contributed by atoms with E-state index in [1.807, 2.05) is 18.2 Å². The SMILES string of the molecule is Cc1ccc(-c2c3nc(c(N)c4ccc([nH]4)c(-c4ccc(C)cc4)c4nc(cc5ccc2[nH]5)C=C4)C=C3)cc1. The number of nitrogens with two attached hydrogens (primary N) is 1. The van der Waals surface area contributed by atoms with Crippen LogP contribution in [0.1, 0.15) is 33.9 Å². The minimum atomic E-state index is 0.600. The van der Waals surface area contributed by atoms with Gasteiger partial charge in [-0.1, -0.05) is 59.7 Å². The Morgan fingerprint density at radius 3 is 1.77 bits per heavy atom. The van der Waals surface area contributed by atoms with Gasteiger partial charge in [0.2, 0.25) is 0 Å². The maximum absolute atomic E-state index is 6.71. The summed E-state index contributed by atoms with van der Waals surface area (Å²) in [6.45, 7) is 4.19. The second-order valence-electron chi connectivity index (χ2n) is 10.1. The van der Waals surface area contributed by atoms with Gasteiger partial charge in [-0.2, -0.15) is 0 Å². The maximum Gasteiger partial charge on any atom is 0.0888 e. The molecule has 2 aromatic carbocycles. The number of aromatic amines is 2. The number of nitrogen functional groups attached to an aromatic ring is 1. The molecule has 4 N–H and O–H groups in total. The summed E-state index contributed by atoms with van der Waals surface area (Å²) in [5.41, 5.74) is 21.1. The minimum Gasteiger partial charge on any atom is -0.395 e. The monoisotopic (exact) mass is 505 g/mol. The molecule has 5 aromatic rings. The summed E-state index contributed by atoms with van der Waals surface area (Å²) in [6, 6.07) is 27.4. The van der Waals surface area contributed by atoms with Crippen molar-refractivity contribution < 1.29 is 0 Å². The largest absolute Gasteiger partial charge is 0.395 e. The summed E-state index contributed by atoms with van der Waals surface area (Å²) in [6.07, 6.45) is 8.16. The molecule has 0 aliphatic carbocycles. The number of H-pyrrole nitrogens is 2. The van der Waals surface area contributed by atoms with Gasteiger partial charge in [0.25, 0.3) is 0 Å². The molecule has 3 aromatic heterocycles. The number of nitrogens with one attached hydrogen (secondary N) is 2. The number of fused-ring (bicyclic) bond motifs is 8. The molecule has 8 bridgehead atoms. The van der Waals surface area contributed by atoms with Crippen LogP contribution in [0.4, 0.5) is 5.69 Å². The first kappa shape index (κ1) is 23.0. The highest BCUT2D eigenvalue weighted by Crippen LogP contribution is 2.34. The molecule has 5 nitrogen and oxygen atoms in total. The van der Waals surface area contributed by atoms with E-state index in [1.165, 1.54) is 11.1 Å². The number of rotatable bonds is 2. The maximum atomic E-state index is 6.71. The Morgan fingerprint density at radius 2 is 1.08 bits per heavy atom. The van der Waals surface area contributed by atoms with Crippen LogP contribution < -0.4 is 5.73 Å². The van der Waals surface area contributed by atoms with Crippen LogP contribution >= 0.6 is 0 Å². The normalized spacial score (nSPS) is 12.3. The molecular weight excluding hydrogens is 478 g/mol. The predicted octanol–water partition coefficient (Wildman–Crippen LogP) is 8.19. The first-order valence-electron chi connectivity index (χ1n) is 13.0. The van der Waals surface area contributed by atoms with Crippen molar-refractivity contribution in [3.63, 3.8) is 0 Å². The lowest BCUT2D eigenvalue weighted by Crippen LogP contribution is -1.91. The predicted molar refractivity (Wildman–Crippen MR) is 164 cm³/mol. The molecule has 0 spiro atoms.